The van der Waals surface area contributed by atoms with E-state index in [1.165, 1.54) is 11.3 Å². The molecule has 1 saturated heterocycles. The normalized spacial score (nSPS) is 15.1. The highest BCUT2D eigenvalue weighted by atomic mass is 79.9. The molecule has 2 aromatic rings. The van der Waals surface area contributed by atoms with E-state index in [4.69, 9.17) is 0 Å². The van der Waals surface area contributed by atoms with Crippen molar-refractivity contribution in [3.8, 4) is 6.07 Å². The molecule has 1 aromatic carbocycles. The van der Waals surface area contributed by atoms with Gasteiger partial charge in [-0.05, 0) is 59.1 Å². The maximum absolute atomic E-state index is 12.2. The minimum Gasteiger partial charge on any atom is -0.393 e. The summed E-state index contributed by atoms with van der Waals surface area (Å²) in [7, 11) is 0. The molecular formula is C17H16BrN3O2S. The molecule has 24 heavy (non-hydrogen) atoms. The quantitative estimate of drug-likeness (QED) is 0.817. The zero-order chi connectivity index (χ0) is 17.1. The van der Waals surface area contributed by atoms with Crippen LogP contribution in [0.4, 0.5) is 11.4 Å². The van der Waals surface area contributed by atoms with Gasteiger partial charge in [-0.1, -0.05) is 0 Å². The molecule has 1 aromatic heterocycles. The van der Waals surface area contributed by atoms with Gasteiger partial charge in [0, 0.05) is 18.8 Å². The number of aliphatic hydroxyl groups is 1. The van der Waals surface area contributed by atoms with E-state index in [1.807, 2.05) is 18.2 Å². The molecule has 0 radical (unpaired) electrons. The van der Waals surface area contributed by atoms with Gasteiger partial charge in [-0.25, -0.2) is 0 Å². The number of piperidine rings is 1. The van der Waals surface area contributed by atoms with Crippen LogP contribution >= 0.6 is 27.3 Å². The molecule has 1 fully saturated rings. The van der Waals surface area contributed by atoms with Crippen LogP contribution in [0, 0.1) is 11.3 Å². The van der Waals surface area contributed by atoms with Crippen LogP contribution in [0.2, 0.25) is 0 Å². The number of halogens is 1. The van der Waals surface area contributed by atoms with Crippen LogP contribution in [0.3, 0.4) is 0 Å². The lowest BCUT2D eigenvalue weighted by Gasteiger charge is -2.32. The van der Waals surface area contributed by atoms with Gasteiger partial charge in [-0.3, -0.25) is 4.79 Å². The van der Waals surface area contributed by atoms with Gasteiger partial charge in [0.25, 0.3) is 5.91 Å². The third kappa shape index (κ3) is 3.78. The molecule has 2 N–H and O–H groups in total. The van der Waals surface area contributed by atoms with Crippen molar-refractivity contribution in [2.24, 2.45) is 0 Å². The number of aliphatic hydroxyl groups excluding tert-OH is 1. The summed E-state index contributed by atoms with van der Waals surface area (Å²) in [5.74, 6) is -0.191. The Hall–Kier alpha value is -1.88. The average Bonchev–Trinajstić information content (AvgIpc) is 3.02. The number of benzene rings is 1. The van der Waals surface area contributed by atoms with Crippen molar-refractivity contribution in [1.29, 1.82) is 5.26 Å². The Morgan fingerprint density at radius 2 is 2.08 bits per heavy atom. The summed E-state index contributed by atoms with van der Waals surface area (Å²) >= 11 is 4.70. The van der Waals surface area contributed by atoms with Crippen LogP contribution in [0.25, 0.3) is 0 Å². The van der Waals surface area contributed by atoms with Crippen molar-refractivity contribution in [2.75, 3.05) is 23.3 Å². The predicted octanol–water partition coefficient (Wildman–Crippen LogP) is 3.60. The number of nitrogens with one attached hydrogen (secondary N) is 1. The third-order valence-corrected chi connectivity index (χ3v) is 5.60. The van der Waals surface area contributed by atoms with Crippen LogP contribution < -0.4 is 10.2 Å². The molecular weight excluding hydrogens is 390 g/mol. The molecule has 7 heteroatoms. The van der Waals surface area contributed by atoms with E-state index >= 15 is 0 Å². The van der Waals surface area contributed by atoms with Gasteiger partial charge in [0.05, 0.1) is 26.0 Å². The lowest BCUT2D eigenvalue weighted by atomic mass is 10.0. The Morgan fingerprint density at radius 1 is 1.33 bits per heavy atom. The number of rotatable bonds is 3. The third-order valence-electron chi connectivity index (χ3n) is 3.98. The molecule has 0 spiro atoms. The lowest BCUT2D eigenvalue weighted by Crippen LogP contribution is -2.36. The average molecular weight is 406 g/mol. The number of nitriles is 1. The molecule has 1 aliphatic rings. The maximum atomic E-state index is 12.2. The van der Waals surface area contributed by atoms with E-state index in [-0.39, 0.29) is 12.0 Å². The number of carbonyl (C=O) groups is 1. The first-order valence-corrected chi connectivity index (χ1v) is 9.21. The van der Waals surface area contributed by atoms with E-state index in [1.54, 1.807) is 12.1 Å². The van der Waals surface area contributed by atoms with E-state index < -0.39 is 0 Å². The van der Waals surface area contributed by atoms with Gasteiger partial charge < -0.3 is 15.3 Å². The molecule has 0 unspecified atom stereocenters. The minimum absolute atomic E-state index is 0.191. The number of nitrogens with zero attached hydrogens (tertiary/aromatic N) is 2. The van der Waals surface area contributed by atoms with Crippen molar-refractivity contribution in [3.05, 3.63) is 44.6 Å². The fraction of sp³-hybridized carbons (Fsp3) is 0.294. The van der Waals surface area contributed by atoms with E-state index in [2.05, 4.69) is 32.2 Å². The lowest BCUT2D eigenvalue weighted by molar-refractivity contribution is 0.103. The van der Waals surface area contributed by atoms with Gasteiger partial charge in [0.1, 0.15) is 6.07 Å². The summed E-state index contributed by atoms with van der Waals surface area (Å²) < 4.78 is 0.896. The standard InChI is InChI=1S/C17H16BrN3O2S/c18-16-4-3-15(24-16)17(23)20-12-1-2-14(11(9-12)10-19)21-7-5-13(22)6-8-21/h1-4,9,13,22H,5-8H2,(H,20,23). The minimum atomic E-state index is -0.254. The molecule has 5 nitrogen and oxygen atoms in total. The maximum Gasteiger partial charge on any atom is 0.265 e. The SMILES string of the molecule is N#Cc1cc(NC(=O)c2ccc(Br)s2)ccc1N1CCC(O)CC1. The Morgan fingerprint density at radius 3 is 2.71 bits per heavy atom. The Labute approximate surface area is 152 Å². The zero-order valence-electron chi connectivity index (χ0n) is 12.8. The topological polar surface area (TPSA) is 76.4 Å². The fourth-order valence-electron chi connectivity index (χ4n) is 2.71. The Balaban J connectivity index is 1.77. The highest BCUT2D eigenvalue weighted by molar-refractivity contribution is 9.11. The number of anilines is 2. The van der Waals surface area contributed by atoms with Crippen LogP contribution in [-0.4, -0.2) is 30.2 Å². The van der Waals surface area contributed by atoms with Crippen LogP contribution in [0.15, 0.2) is 34.1 Å². The van der Waals surface area contributed by atoms with E-state index in [9.17, 15) is 15.2 Å². The predicted molar refractivity (Wildman–Crippen MR) is 98.6 cm³/mol. The van der Waals surface area contributed by atoms with Gasteiger partial charge in [0.2, 0.25) is 0 Å². The van der Waals surface area contributed by atoms with E-state index in [0.29, 0.717) is 29.0 Å². The summed E-state index contributed by atoms with van der Waals surface area (Å²) in [4.78, 5) is 14.9. The van der Waals surface area contributed by atoms with Crippen molar-refractivity contribution in [3.63, 3.8) is 0 Å². The first-order chi connectivity index (χ1) is 11.6. The molecule has 0 saturated carbocycles. The van der Waals surface area contributed by atoms with Crippen molar-refractivity contribution >= 4 is 44.5 Å². The summed E-state index contributed by atoms with van der Waals surface area (Å²) in [5, 5.41) is 21.9. The van der Waals surface area contributed by atoms with Gasteiger partial charge >= 0.3 is 0 Å². The first kappa shape index (κ1) is 17.0. The highest BCUT2D eigenvalue weighted by Gasteiger charge is 2.20. The molecule has 0 aliphatic carbocycles. The second kappa shape index (κ2) is 7.34. The number of amides is 1. The summed E-state index contributed by atoms with van der Waals surface area (Å²) in [6.45, 7) is 1.45. The van der Waals surface area contributed by atoms with Crippen molar-refractivity contribution in [2.45, 2.75) is 18.9 Å². The number of thiophene rings is 1. The van der Waals surface area contributed by atoms with Crippen molar-refractivity contribution in [1.82, 2.24) is 0 Å². The van der Waals surface area contributed by atoms with Crippen LogP contribution in [0.5, 0.6) is 0 Å². The van der Waals surface area contributed by atoms with Gasteiger partial charge in [-0.2, -0.15) is 5.26 Å². The van der Waals surface area contributed by atoms with Crippen LogP contribution in [-0.2, 0) is 0 Å². The molecule has 3 rings (SSSR count). The molecule has 1 amide bonds. The van der Waals surface area contributed by atoms with Gasteiger partial charge in [0.15, 0.2) is 0 Å². The van der Waals surface area contributed by atoms with E-state index in [0.717, 1.165) is 22.6 Å². The number of hydrogen-bond donors (Lipinski definition) is 2. The van der Waals surface area contributed by atoms with Crippen molar-refractivity contribution < 1.29 is 9.90 Å². The number of carbonyl (C=O) groups excluding carboxylic acids is 1. The monoisotopic (exact) mass is 405 g/mol. The Bertz CT molecular complexity index is 791. The molecule has 1 aliphatic heterocycles. The fourth-order valence-corrected chi connectivity index (χ4v) is 4.00. The second-order valence-corrected chi connectivity index (χ2v) is 8.08. The molecule has 124 valence electrons. The summed E-state index contributed by atoms with van der Waals surface area (Å²) in [6, 6.07) is 11.1. The van der Waals surface area contributed by atoms with Gasteiger partial charge in [-0.15, -0.1) is 11.3 Å². The molecule has 0 bridgehead atoms. The Kier molecular flexibility index (Phi) is 5.19. The highest BCUT2D eigenvalue weighted by Crippen LogP contribution is 2.28. The first-order valence-electron chi connectivity index (χ1n) is 7.60. The van der Waals surface area contributed by atoms with Crippen LogP contribution in [0.1, 0.15) is 28.1 Å². The second-order valence-electron chi connectivity index (χ2n) is 5.62. The summed E-state index contributed by atoms with van der Waals surface area (Å²) in [6.07, 6.45) is 1.16. The smallest absolute Gasteiger partial charge is 0.265 e. The largest absolute Gasteiger partial charge is 0.393 e. The number of hydrogen-bond acceptors (Lipinski definition) is 5. The summed E-state index contributed by atoms with van der Waals surface area (Å²) in [5.41, 5.74) is 1.97. The zero-order valence-corrected chi connectivity index (χ0v) is 15.2. The molecule has 0 atom stereocenters. The molecule has 2 heterocycles.